The molecular formula is C12H30N2S. The lowest BCUT2D eigenvalue weighted by Crippen LogP contribution is -2.01. The molecule has 0 aliphatic carbocycles. The van der Waals surface area contributed by atoms with Crippen LogP contribution in [0, 0.1) is 0 Å². The summed E-state index contributed by atoms with van der Waals surface area (Å²) in [6.07, 6.45) is 3.82. The predicted molar refractivity (Wildman–Crippen MR) is 78.5 cm³/mol. The Kier molecular flexibility index (Phi) is 59.9. The molecule has 0 saturated carbocycles. The van der Waals surface area contributed by atoms with Crippen LogP contribution in [0.5, 0.6) is 0 Å². The van der Waals surface area contributed by atoms with E-state index in [1.165, 1.54) is 0 Å². The zero-order valence-corrected chi connectivity index (χ0v) is 12.4. The van der Waals surface area contributed by atoms with E-state index in [-0.39, 0.29) is 0 Å². The molecule has 0 amide bonds. The quantitative estimate of drug-likeness (QED) is 0.577. The topological polar surface area (TPSA) is 24.1 Å². The maximum absolute atomic E-state index is 3.56. The van der Waals surface area contributed by atoms with Gasteiger partial charge in [-0.05, 0) is 32.8 Å². The van der Waals surface area contributed by atoms with E-state index >= 15 is 0 Å². The highest BCUT2D eigenvalue weighted by Gasteiger charge is 1.64. The van der Waals surface area contributed by atoms with Crippen LogP contribution in [-0.2, 0) is 0 Å². The number of thioether (sulfide) groups is 1. The second-order valence-corrected chi connectivity index (χ2v) is 3.09. The highest BCUT2D eigenvalue weighted by Crippen LogP contribution is 1.81. The number of nitrogens with one attached hydrogen (secondary N) is 2. The summed E-state index contributed by atoms with van der Waals surface area (Å²) in [5.41, 5.74) is 1.00. The molecule has 0 fully saturated rings. The molecular weight excluding hydrogens is 204 g/mol. The van der Waals surface area contributed by atoms with Crippen molar-refractivity contribution in [2.24, 2.45) is 0 Å². The lowest BCUT2D eigenvalue weighted by atomic mass is 10.6. The fourth-order valence-electron chi connectivity index (χ4n) is 0.144. The lowest BCUT2D eigenvalue weighted by molar-refractivity contribution is 0.985. The molecule has 0 heterocycles. The van der Waals surface area contributed by atoms with Crippen LogP contribution >= 0.6 is 11.8 Å². The lowest BCUT2D eigenvalue weighted by Gasteiger charge is -1.87. The van der Waals surface area contributed by atoms with Crippen molar-refractivity contribution in [2.45, 2.75) is 27.7 Å². The van der Waals surface area contributed by atoms with Crippen LogP contribution in [0.3, 0.4) is 0 Å². The molecule has 0 saturated heterocycles. The van der Waals surface area contributed by atoms with Gasteiger partial charge in [-0.3, -0.25) is 0 Å². The summed E-state index contributed by atoms with van der Waals surface area (Å²) < 4.78 is 0. The average Bonchev–Trinajstić information content (AvgIpc) is 2.24. The first-order valence-corrected chi connectivity index (χ1v) is 6.53. The van der Waals surface area contributed by atoms with Gasteiger partial charge in [0.1, 0.15) is 0 Å². The van der Waals surface area contributed by atoms with Gasteiger partial charge in [0.05, 0.1) is 0 Å². The number of rotatable bonds is 3. The summed E-state index contributed by atoms with van der Waals surface area (Å²) in [4.78, 5) is 0. The molecule has 2 nitrogen and oxygen atoms in total. The van der Waals surface area contributed by atoms with Gasteiger partial charge in [0.15, 0.2) is 0 Å². The van der Waals surface area contributed by atoms with Gasteiger partial charge in [-0.1, -0.05) is 26.5 Å². The smallest absolute Gasteiger partial charge is 0.0412 e. The van der Waals surface area contributed by atoms with Crippen molar-refractivity contribution < 1.29 is 0 Å². The third kappa shape index (κ3) is 142. The number of hydrogen-bond donors (Lipinski definition) is 2. The van der Waals surface area contributed by atoms with E-state index in [4.69, 9.17) is 0 Å². The molecule has 3 heteroatoms. The Bertz CT molecular complexity index is 102. The highest BCUT2D eigenvalue weighted by molar-refractivity contribution is 7.98. The van der Waals surface area contributed by atoms with Gasteiger partial charge in [-0.25, -0.2) is 0 Å². The monoisotopic (exact) mass is 234 g/mol. The molecule has 0 spiro atoms. The Morgan fingerprint density at radius 3 is 1.60 bits per heavy atom. The normalized spacial score (nSPS) is 6.33. The van der Waals surface area contributed by atoms with Crippen molar-refractivity contribution in [3.8, 4) is 0 Å². The highest BCUT2D eigenvalue weighted by atomic mass is 32.2. The molecule has 0 unspecified atom stereocenters. The second kappa shape index (κ2) is 37.4. The summed E-state index contributed by atoms with van der Waals surface area (Å²) in [5.74, 6) is 1.06. The molecule has 0 aromatic rings. The van der Waals surface area contributed by atoms with E-state index in [1.807, 2.05) is 41.8 Å². The molecule has 15 heavy (non-hydrogen) atoms. The van der Waals surface area contributed by atoms with Crippen molar-refractivity contribution in [3.63, 3.8) is 0 Å². The zero-order chi connectivity index (χ0) is 13.1. The molecule has 0 atom stereocenters. The molecule has 2 N–H and O–H groups in total. The molecule has 0 radical (unpaired) electrons. The first-order valence-electron chi connectivity index (χ1n) is 5.14. The third-order valence-electron chi connectivity index (χ3n) is 0.715. The fourth-order valence-corrected chi connectivity index (χ4v) is 0.433. The Morgan fingerprint density at radius 2 is 1.60 bits per heavy atom. The van der Waals surface area contributed by atoms with Gasteiger partial charge in [0.2, 0.25) is 0 Å². The van der Waals surface area contributed by atoms with Gasteiger partial charge < -0.3 is 10.6 Å². The zero-order valence-electron chi connectivity index (χ0n) is 11.6. The largest absolute Gasteiger partial charge is 0.392 e. The standard InChI is InChI=1S/C4H9N.C3H9NS.C3H6.C2H6/c1-4(2)5-3;1-4-3-5-2;1-3-2;1-2/h5H,1H2,2-3H3;4H,3H2,1-2H3;3H,1H2,2H3;1-2H3. The van der Waals surface area contributed by atoms with Crippen LogP contribution in [0.15, 0.2) is 24.9 Å². The third-order valence-corrected chi connectivity index (χ3v) is 1.29. The summed E-state index contributed by atoms with van der Waals surface area (Å²) in [7, 11) is 3.79. The maximum Gasteiger partial charge on any atom is 0.0412 e. The summed E-state index contributed by atoms with van der Waals surface area (Å²) >= 11 is 1.79. The van der Waals surface area contributed by atoms with Crippen molar-refractivity contribution in [1.82, 2.24) is 10.6 Å². The Labute approximate surface area is 102 Å². The number of allylic oxidation sites excluding steroid dienone is 2. The maximum atomic E-state index is 3.56. The van der Waals surface area contributed by atoms with Crippen molar-refractivity contribution >= 4 is 11.8 Å². The van der Waals surface area contributed by atoms with Gasteiger partial charge in [0, 0.05) is 12.9 Å². The fraction of sp³-hybridized carbons (Fsp3) is 0.667. The molecule has 0 aliphatic rings. The van der Waals surface area contributed by atoms with Gasteiger partial charge in [-0.2, -0.15) is 0 Å². The molecule has 94 valence electrons. The Hall–Kier alpha value is -0.410. The minimum absolute atomic E-state index is 1.00. The average molecular weight is 234 g/mol. The van der Waals surface area contributed by atoms with Crippen molar-refractivity contribution in [2.75, 3.05) is 26.2 Å². The van der Waals surface area contributed by atoms with E-state index in [2.05, 4.69) is 30.0 Å². The predicted octanol–water partition coefficient (Wildman–Crippen LogP) is 3.48. The molecule has 0 aliphatic heterocycles. The van der Waals surface area contributed by atoms with Gasteiger partial charge >= 0.3 is 0 Å². The van der Waals surface area contributed by atoms with Gasteiger partial charge in [-0.15, -0.1) is 18.3 Å². The van der Waals surface area contributed by atoms with E-state index in [0.717, 1.165) is 11.6 Å². The first kappa shape index (κ1) is 24.0. The summed E-state index contributed by atoms with van der Waals surface area (Å²) in [6, 6.07) is 0. The van der Waals surface area contributed by atoms with E-state index in [9.17, 15) is 0 Å². The Balaban J connectivity index is -0.0000000574. The van der Waals surface area contributed by atoms with Crippen molar-refractivity contribution in [3.05, 3.63) is 24.9 Å². The Morgan fingerprint density at radius 1 is 1.33 bits per heavy atom. The van der Waals surface area contributed by atoms with E-state index in [1.54, 1.807) is 17.8 Å². The molecule has 0 aromatic carbocycles. The van der Waals surface area contributed by atoms with Crippen LogP contribution in [-0.4, -0.2) is 26.2 Å². The van der Waals surface area contributed by atoms with Crippen LogP contribution < -0.4 is 10.6 Å². The van der Waals surface area contributed by atoms with Gasteiger partial charge in [0.25, 0.3) is 0 Å². The van der Waals surface area contributed by atoms with E-state index in [0.29, 0.717) is 0 Å². The van der Waals surface area contributed by atoms with Crippen LogP contribution in [0.25, 0.3) is 0 Å². The van der Waals surface area contributed by atoms with Crippen LogP contribution in [0.1, 0.15) is 27.7 Å². The van der Waals surface area contributed by atoms with E-state index < -0.39 is 0 Å². The molecule has 0 aromatic heterocycles. The number of hydrogen-bond acceptors (Lipinski definition) is 3. The minimum Gasteiger partial charge on any atom is -0.392 e. The summed E-state index contributed by atoms with van der Waals surface area (Å²) in [5, 5.41) is 5.81. The van der Waals surface area contributed by atoms with Crippen molar-refractivity contribution in [1.29, 1.82) is 0 Å². The molecule has 0 rings (SSSR count). The first-order chi connectivity index (χ1) is 7.10. The SMILES string of the molecule is C=C(C)NC.C=CC.CC.CNCSC. The van der Waals surface area contributed by atoms with Crippen LogP contribution in [0.2, 0.25) is 0 Å². The molecule has 0 bridgehead atoms. The minimum atomic E-state index is 1.00. The van der Waals surface area contributed by atoms with Crippen LogP contribution in [0.4, 0.5) is 0 Å². The second-order valence-electron chi connectivity index (χ2n) is 2.23. The summed E-state index contributed by atoms with van der Waals surface area (Å²) in [6.45, 7) is 14.7.